The van der Waals surface area contributed by atoms with Crippen molar-refractivity contribution in [1.29, 1.82) is 0 Å². The van der Waals surface area contributed by atoms with Crippen molar-refractivity contribution in [2.75, 3.05) is 39.2 Å². The molecule has 1 spiro atoms. The van der Waals surface area contributed by atoms with Crippen LogP contribution in [0.4, 0.5) is 0 Å². The summed E-state index contributed by atoms with van der Waals surface area (Å²) in [5, 5.41) is 0. The van der Waals surface area contributed by atoms with E-state index in [0.717, 1.165) is 31.8 Å². The van der Waals surface area contributed by atoms with E-state index in [0.29, 0.717) is 23.7 Å². The molecule has 0 amide bonds. The minimum atomic E-state index is -3.44. The van der Waals surface area contributed by atoms with Crippen molar-refractivity contribution in [3.8, 4) is 5.75 Å². The van der Waals surface area contributed by atoms with E-state index >= 15 is 0 Å². The largest absolute Gasteiger partial charge is 0.497 e. The predicted octanol–water partition coefficient (Wildman–Crippen LogP) is 1.98. The summed E-state index contributed by atoms with van der Waals surface area (Å²) in [4.78, 5) is 0.336. The highest BCUT2D eigenvalue weighted by Crippen LogP contribution is 2.40. The van der Waals surface area contributed by atoms with Crippen LogP contribution in [-0.4, -0.2) is 56.6 Å². The van der Waals surface area contributed by atoms with E-state index in [1.165, 1.54) is 0 Å². The van der Waals surface area contributed by atoms with Gasteiger partial charge in [0, 0.05) is 36.8 Å². The zero-order valence-corrected chi connectivity index (χ0v) is 14.3. The molecule has 122 valence electrons. The summed E-state index contributed by atoms with van der Waals surface area (Å²) in [5.74, 6) is 1.50. The smallest absolute Gasteiger partial charge is 0.243 e. The van der Waals surface area contributed by atoms with Crippen LogP contribution < -0.4 is 4.74 Å². The van der Waals surface area contributed by atoms with Gasteiger partial charge in [-0.1, -0.05) is 0 Å². The highest BCUT2D eigenvalue weighted by atomic mass is 32.2. The van der Waals surface area contributed by atoms with Gasteiger partial charge in [0.05, 0.1) is 12.0 Å². The number of rotatable bonds is 3. The topological polar surface area (TPSA) is 55.8 Å². The summed E-state index contributed by atoms with van der Waals surface area (Å²) in [6.45, 7) is 2.60. The average Bonchev–Trinajstić information content (AvgIpc) is 2.55. The first kappa shape index (κ1) is 16.1. The Labute approximate surface area is 136 Å². The van der Waals surface area contributed by atoms with Crippen LogP contribution >= 0.6 is 11.8 Å². The maximum absolute atomic E-state index is 12.9. The quantitative estimate of drug-likeness (QED) is 0.840. The van der Waals surface area contributed by atoms with Gasteiger partial charge < -0.3 is 9.47 Å². The number of nitrogens with zero attached hydrogens (tertiary/aromatic N) is 1. The molecule has 0 aromatic heterocycles. The lowest BCUT2D eigenvalue weighted by Crippen LogP contribution is -2.51. The molecule has 3 rings (SSSR count). The van der Waals surface area contributed by atoms with E-state index in [1.807, 2.05) is 11.8 Å². The summed E-state index contributed by atoms with van der Waals surface area (Å²) >= 11 is 1.90. The van der Waals surface area contributed by atoms with Crippen molar-refractivity contribution < 1.29 is 17.9 Å². The van der Waals surface area contributed by atoms with E-state index in [-0.39, 0.29) is 4.75 Å². The van der Waals surface area contributed by atoms with Crippen molar-refractivity contribution in [3.63, 3.8) is 0 Å². The van der Waals surface area contributed by atoms with Gasteiger partial charge in [0.15, 0.2) is 0 Å². The molecule has 2 fully saturated rings. The Morgan fingerprint density at radius 1 is 1.23 bits per heavy atom. The third-order valence-electron chi connectivity index (χ3n) is 4.31. The molecular weight excluding hydrogens is 322 g/mol. The molecule has 0 aliphatic carbocycles. The van der Waals surface area contributed by atoms with Gasteiger partial charge in [-0.3, -0.25) is 0 Å². The van der Waals surface area contributed by atoms with Crippen LogP contribution in [-0.2, 0) is 14.8 Å². The fourth-order valence-corrected chi connectivity index (χ4v) is 6.13. The molecule has 0 bridgehead atoms. The molecule has 1 aromatic rings. The lowest BCUT2D eigenvalue weighted by atomic mass is 9.99. The second-order valence-corrected chi connectivity index (χ2v) is 9.16. The van der Waals surface area contributed by atoms with Crippen molar-refractivity contribution in [2.45, 2.75) is 22.5 Å². The number of methoxy groups -OCH3 is 1. The number of hydrogen-bond acceptors (Lipinski definition) is 5. The first-order valence-corrected chi connectivity index (χ1v) is 9.84. The summed E-state index contributed by atoms with van der Waals surface area (Å²) in [6.07, 6.45) is 1.85. The number of hydrogen-bond donors (Lipinski definition) is 0. The molecular formula is C15H21NO4S2. The second-order valence-electron chi connectivity index (χ2n) is 5.66. The van der Waals surface area contributed by atoms with E-state index in [1.54, 1.807) is 35.7 Å². The van der Waals surface area contributed by atoms with Crippen LogP contribution in [0.25, 0.3) is 0 Å². The van der Waals surface area contributed by atoms with Crippen LogP contribution in [0.1, 0.15) is 12.8 Å². The Bertz CT molecular complexity index is 603. The van der Waals surface area contributed by atoms with Crippen LogP contribution in [0.5, 0.6) is 5.75 Å². The Morgan fingerprint density at radius 2 is 1.91 bits per heavy atom. The van der Waals surface area contributed by atoms with Crippen LogP contribution in [0.3, 0.4) is 0 Å². The molecule has 0 saturated carbocycles. The summed E-state index contributed by atoms with van der Waals surface area (Å²) in [7, 11) is -1.87. The molecule has 1 aromatic carbocycles. The summed E-state index contributed by atoms with van der Waals surface area (Å²) in [6, 6.07) is 6.62. The normalized spacial score (nSPS) is 22.6. The van der Waals surface area contributed by atoms with Gasteiger partial charge in [-0.15, -0.1) is 0 Å². The van der Waals surface area contributed by atoms with Gasteiger partial charge in [-0.25, -0.2) is 8.42 Å². The second kappa shape index (κ2) is 6.39. The van der Waals surface area contributed by atoms with Gasteiger partial charge >= 0.3 is 0 Å². The van der Waals surface area contributed by atoms with Crippen LogP contribution in [0, 0.1) is 0 Å². The first-order valence-electron chi connectivity index (χ1n) is 7.42. The molecule has 2 aliphatic rings. The van der Waals surface area contributed by atoms with Gasteiger partial charge in [0.2, 0.25) is 10.0 Å². The van der Waals surface area contributed by atoms with Crippen molar-refractivity contribution >= 4 is 21.8 Å². The fraction of sp³-hybridized carbons (Fsp3) is 0.600. The third-order valence-corrected chi connectivity index (χ3v) is 7.71. The van der Waals surface area contributed by atoms with Crippen molar-refractivity contribution in [3.05, 3.63) is 24.3 Å². The minimum Gasteiger partial charge on any atom is -0.497 e. The number of thioether (sulfide) groups is 1. The van der Waals surface area contributed by atoms with E-state index in [9.17, 15) is 8.42 Å². The van der Waals surface area contributed by atoms with Gasteiger partial charge in [-0.2, -0.15) is 16.1 Å². The molecule has 5 nitrogen and oxygen atoms in total. The Balaban J connectivity index is 1.81. The number of ether oxygens (including phenoxy) is 2. The molecule has 0 unspecified atom stereocenters. The first-order chi connectivity index (χ1) is 10.6. The van der Waals surface area contributed by atoms with E-state index in [4.69, 9.17) is 9.47 Å². The molecule has 0 atom stereocenters. The van der Waals surface area contributed by atoms with E-state index in [2.05, 4.69) is 0 Å². The third kappa shape index (κ3) is 3.13. The van der Waals surface area contributed by atoms with Gasteiger partial charge in [0.1, 0.15) is 5.75 Å². The van der Waals surface area contributed by atoms with Crippen molar-refractivity contribution in [1.82, 2.24) is 4.31 Å². The molecule has 2 saturated heterocycles. The molecule has 22 heavy (non-hydrogen) atoms. The molecule has 0 N–H and O–H groups in total. The predicted molar refractivity (Wildman–Crippen MR) is 87.0 cm³/mol. The maximum atomic E-state index is 12.9. The Kier molecular flexibility index (Phi) is 4.68. The Hall–Kier alpha value is -0.760. The summed E-state index contributed by atoms with van der Waals surface area (Å²) in [5.41, 5.74) is 0. The lowest BCUT2D eigenvalue weighted by molar-refractivity contribution is 0.0711. The van der Waals surface area contributed by atoms with E-state index < -0.39 is 10.0 Å². The fourth-order valence-electron chi connectivity index (χ4n) is 2.96. The molecule has 2 aliphatic heterocycles. The minimum absolute atomic E-state index is 0.0238. The standard InChI is InChI=1S/C15H21NO4S2/c1-19-13-2-4-14(5-3-13)22(17,18)16-8-11-21-15(12-16)6-9-20-10-7-15/h2-5H,6-12H2,1H3. The highest BCUT2D eigenvalue weighted by molar-refractivity contribution is 8.00. The highest BCUT2D eigenvalue weighted by Gasteiger charge is 2.41. The zero-order chi connectivity index (χ0) is 15.6. The number of sulfonamides is 1. The monoisotopic (exact) mass is 343 g/mol. The number of benzene rings is 1. The zero-order valence-electron chi connectivity index (χ0n) is 12.7. The molecule has 0 radical (unpaired) electrons. The van der Waals surface area contributed by atoms with Crippen LogP contribution in [0.15, 0.2) is 29.2 Å². The van der Waals surface area contributed by atoms with Gasteiger partial charge in [0.25, 0.3) is 0 Å². The van der Waals surface area contributed by atoms with Gasteiger partial charge in [-0.05, 0) is 37.1 Å². The van der Waals surface area contributed by atoms with Crippen LogP contribution in [0.2, 0.25) is 0 Å². The maximum Gasteiger partial charge on any atom is 0.243 e. The average molecular weight is 343 g/mol. The Morgan fingerprint density at radius 3 is 2.55 bits per heavy atom. The SMILES string of the molecule is COc1ccc(S(=O)(=O)N2CCSC3(CCOCC3)C2)cc1. The van der Waals surface area contributed by atoms with Crippen molar-refractivity contribution in [2.24, 2.45) is 0 Å². The molecule has 7 heteroatoms. The molecule has 2 heterocycles. The lowest BCUT2D eigenvalue weighted by Gasteiger charge is -2.43. The summed E-state index contributed by atoms with van der Waals surface area (Å²) < 4.78 is 37.9.